The van der Waals surface area contributed by atoms with E-state index in [9.17, 15) is 10.1 Å². The van der Waals surface area contributed by atoms with Crippen molar-refractivity contribution in [2.24, 2.45) is 0 Å². The molecule has 0 saturated heterocycles. The molecule has 4 rings (SSSR count). The molecule has 0 atom stereocenters. The van der Waals surface area contributed by atoms with E-state index in [1.54, 1.807) is 12.1 Å². The molecule has 0 amide bonds. The van der Waals surface area contributed by atoms with Crippen LogP contribution < -0.4 is 0 Å². The largest absolute Gasteiger partial charge is 0.270 e. The van der Waals surface area contributed by atoms with Gasteiger partial charge >= 0.3 is 0 Å². The first-order chi connectivity index (χ1) is 9.66. The Bertz CT molecular complexity index is 902. The smallest absolute Gasteiger partial charge is 0.258 e. The summed E-state index contributed by atoms with van der Waals surface area (Å²) < 4.78 is 1.20. The van der Waals surface area contributed by atoms with Gasteiger partial charge in [0.05, 0.1) is 4.92 Å². The number of nitro groups is 1. The molecule has 1 aliphatic rings. The lowest BCUT2D eigenvalue weighted by Gasteiger charge is -2.03. The predicted octanol–water partition coefficient (Wildman–Crippen LogP) is 5.00. The van der Waals surface area contributed by atoms with E-state index in [1.165, 1.54) is 19.9 Å². The van der Waals surface area contributed by atoms with Gasteiger partial charge in [-0.25, -0.2) is 0 Å². The lowest BCUT2D eigenvalue weighted by atomic mass is 10.0. The standard InChI is InChI=1S/C16H8INO2/c17-15-7-6-12-10-5-4-9(18(19)20)8-14(10)11-2-1-3-13(15)16(11)12/h1-8H. The number of benzene rings is 3. The van der Waals surface area contributed by atoms with Gasteiger partial charge in [-0.15, -0.1) is 0 Å². The van der Waals surface area contributed by atoms with E-state index in [4.69, 9.17) is 0 Å². The van der Waals surface area contributed by atoms with E-state index in [0.717, 1.165) is 16.7 Å². The number of non-ortho nitro benzene ring substituents is 1. The molecule has 0 aromatic heterocycles. The number of nitro benzene ring substituents is 1. The Morgan fingerprint density at radius 2 is 1.65 bits per heavy atom. The molecule has 1 aliphatic carbocycles. The quantitative estimate of drug-likeness (QED) is 0.268. The lowest BCUT2D eigenvalue weighted by molar-refractivity contribution is -0.384. The van der Waals surface area contributed by atoms with Gasteiger partial charge in [0.2, 0.25) is 0 Å². The number of rotatable bonds is 1. The zero-order chi connectivity index (χ0) is 13.9. The van der Waals surface area contributed by atoms with Gasteiger partial charge in [-0.1, -0.05) is 24.3 Å². The Morgan fingerprint density at radius 3 is 2.45 bits per heavy atom. The van der Waals surface area contributed by atoms with Crippen LogP contribution in [0.15, 0.2) is 48.5 Å². The summed E-state index contributed by atoms with van der Waals surface area (Å²) in [6.45, 7) is 0. The van der Waals surface area contributed by atoms with Crippen LogP contribution in [0.5, 0.6) is 0 Å². The minimum absolute atomic E-state index is 0.142. The predicted molar refractivity (Wildman–Crippen MR) is 87.7 cm³/mol. The highest BCUT2D eigenvalue weighted by atomic mass is 127. The molecular weight excluding hydrogens is 365 g/mol. The summed E-state index contributed by atoms with van der Waals surface area (Å²) in [7, 11) is 0. The summed E-state index contributed by atoms with van der Waals surface area (Å²) >= 11 is 2.33. The third kappa shape index (κ3) is 1.45. The first-order valence-electron chi connectivity index (χ1n) is 6.17. The van der Waals surface area contributed by atoms with Crippen LogP contribution in [-0.4, -0.2) is 4.92 Å². The van der Waals surface area contributed by atoms with Crippen molar-refractivity contribution in [1.82, 2.24) is 0 Å². The molecule has 0 heterocycles. The molecule has 4 heteroatoms. The van der Waals surface area contributed by atoms with Crippen LogP contribution in [0.1, 0.15) is 0 Å². The average molecular weight is 373 g/mol. The van der Waals surface area contributed by atoms with Crippen LogP contribution in [0.25, 0.3) is 33.0 Å². The van der Waals surface area contributed by atoms with Gasteiger partial charge in [0, 0.05) is 15.7 Å². The Balaban J connectivity index is 2.15. The third-order valence-electron chi connectivity index (χ3n) is 3.78. The van der Waals surface area contributed by atoms with Crippen LogP contribution in [0, 0.1) is 13.7 Å². The molecule has 3 aromatic carbocycles. The van der Waals surface area contributed by atoms with Gasteiger partial charge in [-0.2, -0.15) is 0 Å². The number of halogens is 1. The fourth-order valence-electron chi connectivity index (χ4n) is 2.92. The van der Waals surface area contributed by atoms with E-state index in [2.05, 4.69) is 40.8 Å². The monoisotopic (exact) mass is 373 g/mol. The lowest BCUT2D eigenvalue weighted by Crippen LogP contribution is -1.88. The third-order valence-corrected chi connectivity index (χ3v) is 4.72. The fraction of sp³-hybridized carbons (Fsp3) is 0. The highest BCUT2D eigenvalue weighted by Gasteiger charge is 2.23. The second-order valence-electron chi connectivity index (χ2n) is 4.81. The van der Waals surface area contributed by atoms with E-state index in [-0.39, 0.29) is 10.6 Å². The van der Waals surface area contributed by atoms with E-state index in [1.807, 2.05) is 18.2 Å². The Hall–Kier alpha value is -1.95. The first-order valence-corrected chi connectivity index (χ1v) is 7.25. The maximum absolute atomic E-state index is 11.0. The maximum Gasteiger partial charge on any atom is 0.270 e. The summed E-state index contributed by atoms with van der Waals surface area (Å²) in [4.78, 5) is 10.6. The van der Waals surface area contributed by atoms with Crippen molar-refractivity contribution in [2.75, 3.05) is 0 Å². The molecule has 0 aliphatic heterocycles. The fourth-order valence-corrected chi connectivity index (χ4v) is 3.55. The first kappa shape index (κ1) is 11.8. The van der Waals surface area contributed by atoms with Crippen molar-refractivity contribution in [3.8, 4) is 22.3 Å². The Labute approximate surface area is 128 Å². The topological polar surface area (TPSA) is 43.1 Å². The van der Waals surface area contributed by atoms with Crippen molar-refractivity contribution in [3.63, 3.8) is 0 Å². The van der Waals surface area contributed by atoms with Crippen molar-refractivity contribution in [2.45, 2.75) is 0 Å². The molecule has 0 N–H and O–H groups in total. The summed E-state index contributed by atoms with van der Waals surface area (Å²) in [5.74, 6) is 0. The average Bonchev–Trinajstić information content (AvgIpc) is 2.78. The number of nitrogens with zero attached hydrogens (tertiary/aromatic N) is 1. The van der Waals surface area contributed by atoms with Crippen molar-refractivity contribution in [3.05, 3.63) is 62.2 Å². The van der Waals surface area contributed by atoms with Crippen molar-refractivity contribution < 1.29 is 4.92 Å². The van der Waals surface area contributed by atoms with Crippen molar-refractivity contribution in [1.29, 1.82) is 0 Å². The van der Waals surface area contributed by atoms with Crippen LogP contribution in [-0.2, 0) is 0 Å². The van der Waals surface area contributed by atoms with Gasteiger partial charge in [-0.05, 0) is 67.7 Å². The summed E-state index contributed by atoms with van der Waals surface area (Å²) in [6.07, 6.45) is 0. The Morgan fingerprint density at radius 1 is 0.900 bits per heavy atom. The van der Waals surface area contributed by atoms with E-state index >= 15 is 0 Å². The van der Waals surface area contributed by atoms with E-state index in [0.29, 0.717) is 0 Å². The summed E-state index contributed by atoms with van der Waals surface area (Å²) in [6, 6.07) is 15.5. The molecule has 3 aromatic rings. The number of hydrogen-bond acceptors (Lipinski definition) is 2. The van der Waals surface area contributed by atoms with Crippen molar-refractivity contribution >= 4 is 39.1 Å². The molecule has 96 valence electrons. The normalized spacial score (nSPS) is 11.7. The molecule has 0 spiro atoms. The summed E-state index contributed by atoms with van der Waals surface area (Å²) in [5.41, 5.74) is 4.44. The molecule has 0 fully saturated rings. The number of hydrogen-bond donors (Lipinski definition) is 0. The Kier molecular flexibility index (Phi) is 2.38. The minimum atomic E-state index is -0.340. The molecule has 0 unspecified atom stereocenters. The van der Waals surface area contributed by atoms with Crippen LogP contribution >= 0.6 is 22.6 Å². The van der Waals surface area contributed by atoms with Crippen LogP contribution in [0.2, 0.25) is 0 Å². The molecule has 3 nitrogen and oxygen atoms in total. The molecule has 0 radical (unpaired) electrons. The van der Waals surface area contributed by atoms with Gasteiger partial charge in [0.15, 0.2) is 0 Å². The van der Waals surface area contributed by atoms with Crippen LogP contribution in [0.4, 0.5) is 5.69 Å². The minimum Gasteiger partial charge on any atom is -0.258 e. The van der Waals surface area contributed by atoms with E-state index < -0.39 is 0 Å². The maximum atomic E-state index is 11.0. The highest BCUT2D eigenvalue weighted by Crippen LogP contribution is 2.48. The van der Waals surface area contributed by atoms with Gasteiger partial charge in [-0.3, -0.25) is 10.1 Å². The van der Waals surface area contributed by atoms with Gasteiger partial charge < -0.3 is 0 Å². The number of fused-ring (bicyclic) bond motifs is 3. The highest BCUT2D eigenvalue weighted by molar-refractivity contribution is 14.1. The zero-order valence-electron chi connectivity index (χ0n) is 10.3. The van der Waals surface area contributed by atoms with Gasteiger partial charge in [0.1, 0.15) is 0 Å². The zero-order valence-corrected chi connectivity index (χ0v) is 12.4. The molecular formula is C16H8INO2. The molecule has 0 saturated carbocycles. The molecule has 0 bridgehead atoms. The second kappa shape index (κ2) is 4.02. The summed E-state index contributed by atoms with van der Waals surface area (Å²) in [5, 5.41) is 13.4. The van der Waals surface area contributed by atoms with Crippen LogP contribution in [0.3, 0.4) is 0 Å². The molecule has 20 heavy (non-hydrogen) atoms. The second-order valence-corrected chi connectivity index (χ2v) is 5.97. The van der Waals surface area contributed by atoms with Gasteiger partial charge in [0.25, 0.3) is 5.69 Å². The SMILES string of the molecule is O=[N+]([O-])c1ccc2c(c1)-c1cccc3c(I)ccc-2c13.